The number of amides is 2. The molecular weight excluding hydrogens is 532 g/mol. The number of carbonyl (C=O) groups excluding carboxylic acids is 2. The summed E-state index contributed by atoms with van der Waals surface area (Å²) >= 11 is 0. The maximum atomic E-state index is 13.4. The molecule has 6 rings (SSSR count). The van der Waals surface area contributed by atoms with Crippen LogP contribution in [0.25, 0.3) is 22.1 Å². The van der Waals surface area contributed by atoms with Crippen LogP contribution in [0.15, 0.2) is 37.2 Å². The molecule has 42 heavy (non-hydrogen) atoms. The van der Waals surface area contributed by atoms with E-state index in [9.17, 15) is 9.59 Å². The molecular formula is C30H40N10O2. The van der Waals surface area contributed by atoms with E-state index in [4.69, 9.17) is 0 Å². The summed E-state index contributed by atoms with van der Waals surface area (Å²) in [5.74, 6) is 2.60. The van der Waals surface area contributed by atoms with Crippen molar-refractivity contribution in [1.82, 2.24) is 39.7 Å². The number of H-pyrrole nitrogens is 2. The quantitative estimate of drug-likeness (QED) is 0.346. The second kappa shape index (κ2) is 11.6. The summed E-state index contributed by atoms with van der Waals surface area (Å²) in [6.07, 6.45) is 9.15. The molecule has 4 aromatic rings. The number of anilines is 2. The number of rotatable bonds is 7. The first kappa shape index (κ1) is 27.9. The third kappa shape index (κ3) is 5.25. The minimum Gasteiger partial charge on any atom is -0.354 e. The van der Waals surface area contributed by atoms with Crippen molar-refractivity contribution in [3.05, 3.63) is 37.2 Å². The highest BCUT2D eigenvalue weighted by molar-refractivity contribution is 5.88. The molecule has 0 saturated carbocycles. The third-order valence-electron chi connectivity index (χ3n) is 9.42. The molecule has 4 aromatic heterocycles. The van der Waals surface area contributed by atoms with Crippen molar-refractivity contribution in [2.75, 3.05) is 50.1 Å². The van der Waals surface area contributed by atoms with E-state index in [1.807, 2.05) is 48.4 Å². The molecule has 0 spiro atoms. The highest BCUT2D eigenvalue weighted by atomic mass is 16.2. The van der Waals surface area contributed by atoms with Gasteiger partial charge in [0.15, 0.2) is 0 Å². The number of fused-ring (bicyclic) bond motifs is 2. The summed E-state index contributed by atoms with van der Waals surface area (Å²) in [5.41, 5.74) is 1.61. The molecule has 2 saturated heterocycles. The summed E-state index contributed by atoms with van der Waals surface area (Å²) in [7, 11) is 4.08. The van der Waals surface area contributed by atoms with Crippen molar-refractivity contribution in [2.24, 2.45) is 11.8 Å². The fourth-order valence-electron chi connectivity index (χ4n) is 6.68. The standard InChI is InChI=1S/C30H40N10O2/c1-19-9-13-39(15-23(19)37(3)29-21-7-11-31-27(21)33-17-35-29)25(41)5-6-26(42)40-14-10-20(2)24(16-40)38(4)30-22-8-12-32-28(22)34-18-36-30/h7-8,11-12,17-20,23-24H,5-6,9-10,13-16H2,1-4H3,(H,31,33,35)(H,32,34,36)/t19-,20-,23+,24+/m1/s1. The Morgan fingerprint density at radius 1 is 0.762 bits per heavy atom. The number of carbonyl (C=O) groups is 2. The molecule has 4 atom stereocenters. The topological polar surface area (TPSA) is 130 Å². The molecule has 12 nitrogen and oxygen atoms in total. The lowest BCUT2D eigenvalue weighted by Gasteiger charge is -2.43. The summed E-state index contributed by atoms with van der Waals surface area (Å²) in [6, 6.07) is 4.22. The summed E-state index contributed by atoms with van der Waals surface area (Å²) in [5, 5.41) is 1.94. The summed E-state index contributed by atoms with van der Waals surface area (Å²) in [6.45, 7) is 7.11. The minimum absolute atomic E-state index is 0.0398. The van der Waals surface area contributed by atoms with E-state index in [1.165, 1.54) is 0 Å². The van der Waals surface area contributed by atoms with Crippen LogP contribution < -0.4 is 9.80 Å². The maximum Gasteiger partial charge on any atom is 0.223 e. The third-order valence-corrected chi connectivity index (χ3v) is 9.42. The first-order chi connectivity index (χ1) is 20.3. The Balaban J connectivity index is 1.06. The van der Waals surface area contributed by atoms with E-state index in [-0.39, 0.29) is 36.7 Å². The van der Waals surface area contributed by atoms with Crippen LogP contribution in [0.4, 0.5) is 11.6 Å². The average molecular weight is 573 g/mol. The van der Waals surface area contributed by atoms with Gasteiger partial charge in [0.25, 0.3) is 0 Å². The SMILES string of the molecule is C[C@@H]1CCN(C(=O)CCC(=O)N2CC[C@@H](C)[C@@H](N(C)c3ncnc4[nH]ccc34)C2)C[C@@H]1N(C)c1ncnc2[nH]ccc12. The number of likely N-dealkylation sites (tertiary alicyclic amines) is 2. The van der Waals surface area contributed by atoms with Crippen molar-refractivity contribution < 1.29 is 9.59 Å². The molecule has 2 amide bonds. The van der Waals surface area contributed by atoms with Crippen molar-refractivity contribution in [1.29, 1.82) is 0 Å². The van der Waals surface area contributed by atoms with Gasteiger partial charge < -0.3 is 29.6 Å². The molecule has 12 heteroatoms. The molecule has 0 aliphatic carbocycles. The maximum absolute atomic E-state index is 13.4. The predicted octanol–water partition coefficient (Wildman–Crippen LogP) is 3.06. The number of aromatic amines is 2. The zero-order chi connectivity index (χ0) is 29.4. The van der Waals surface area contributed by atoms with E-state index in [0.29, 0.717) is 38.0 Å². The Bertz CT molecular complexity index is 1450. The zero-order valence-electron chi connectivity index (χ0n) is 24.8. The molecule has 2 aliphatic heterocycles. The predicted molar refractivity (Wildman–Crippen MR) is 162 cm³/mol. The fraction of sp³-hybridized carbons (Fsp3) is 0.533. The molecule has 0 aromatic carbocycles. The normalized spacial score (nSPS) is 23.0. The largest absolute Gasteiger partial charge is 0.354 e. The summed E-state index contributed by atoms with van der Waals surface area (Å²) in [4.78, 5) is 58.9. The van der Waals surface area contributed by atoms with Crippen LogP contribution >= 0.6 is 0 Å². The molecule has 2 aliphatic rings. The van der Waals surface area contributed by atoms with Gasteiger partial charge in [-0.15, -0.1) is 0 Å². The number of hydrogen-bond acceptors (Lipinski definition) is 8. The van der Waals surface area contributed by atoms with Gasteiger partial charge in [-0.1, -0.05) is 13.8 Å². The van der Waals surface area contributed by atoms with Gasteiger partial charge in [0.05, 0.1) is 22.9 Å². The monoisotopic (exact) mass is 572 g/mol. The molecule has 0 unspecified atom stereocenters. The van der Waals surface area contributed by atoms with Gasteiger partial charge in [-0.05, 0) is 36.8 Å². The van der Waals surface area contributed by atoms with Crippen molar-refractivity contribution in [3.8, 4) is 0 Å². The molecule has 0 bridgehead atoms. The van der Waals surface area contributed by atoms with Crippen LogP contribution in [-0.2, 0) is 9.59 Å². The second-order valence-electron chi connectivity index (χ2n) is 11.9. The van der Waals surface area contributed by atoms with Gasteiger partial charge >= 0.3 is 0 Å². The van der Waals surface area contributed by atoms with E-state index in [2.05, 4.69) is 53.6 Å². The van der Waals surface area contributed by atoms with Gasteiger partial charge in [0.2, 0.25) is 11.8 Å². The van der Waals surface area contributed by atoms with Gasteiger partial charge in [-0.2, -0.15) is 0 Å². The molecule has 6 heterocycles. The smallest absolute Gasteiger partial charge is 0.223 e. The number of aromatic nitrogens is 6. The minimum atomic E-state index is 0.0398. The van der Waals surface area contributed by atoms with Crippen molar-refractivity contribution >= 4 is 45.5 Å². The highest BCUT2D eigenvalue weighted by Crippen LogP contribution is 2.30. The lowest BCUT2D eigenvalue weighted by Crippen LogP contribution is -2.53. The fourth-order valence-corrected chi connectivity index (χ4v) is 6.68. The average Bonchev–Trinajstić information content (AvgIpc) is 3.69. The van der Waals surface area contributed by atoms with Crippen LogP contribution in [0.1, 0.15) is 39.5 Å². The van der Waals surface area contributed by atoms with Gasteiger partial charge in [0.1, 0.15) is 35.6 Å². The molecule has 0 radical (unpaired) electrons. The highest BCUT2D eigenvalue weighted by Gasteiger charge is 2.35. The number of nitrogens with one attached hydrogen (secondary N) is 2. The number of nitrogens with zero attached hydrogens (tertiary/aromatic N) is 8. The molecule has 222 valence electrons. The Kier molecular flexibility index (Phi) is 7.70. The Morgan fingerprint density at radius 2 is 1.19 bits per heavy atom. The van der Waals surface area contributed by atoms with E-state index in [0.717, 1.165) is 46.5 Å². The van der Waals surface area contributed by atoms with Gasteiger partial charge in [-0.3, -0.25) is 9.59 Å². The number of piperidine rings is 2. The lowest BCUT2D eigenvalue weighted by atomic mass is 9.91. The van der Waals surface area contributed by atoms with Crippen LogP contribution in [0, 0.1) is 11.8 Å². The van der Waals surface area contributed by atoms with Gasteiger partial charge in [0, 0.05) is 65.5 Å². The Morgan fingerprint density at radius 3 is 1.62 bits per heavy atom. The zero-order valence-corrected chi connectivity index (χ0v) is 24.8. The summed E-state index contributed by atoms with van der Waals surface area (Å²) < 4.78 is 0. The van der Waals surface area contributed by atoms with Crippen LogP contribution in [-0.4, -0.2) is 104 Å². The first-order valence-corrected chi connectivity index (χ1v) is 14.9. The van der Waals surface area contributed by atoms with Crippen molar-refractivity contribution in [3.63, 3.8) is 0 Å². The van der Waals surface area contributed by atoms with Gasteiger partial charge in [-0.25, -0.2) is 19.9 Å². The lowest BCUT2D eigenvalue weighted by molar-refractivity contribution is -0.138. The molecule has 2 N–H and O–H groups in total. The Hall–Kier alpha value is -4.22. The number of hydrogen-bond donors (Lipinski definition) is 2. The van der Waals surface area contributed by atoms with E-state index in [1.54, 1.807) is 12.7 Å². The Labute approximate surface area is 245 Å². The van der Waals surface area contributed by atoms with E-state index >= 15 is 0 Å². The van der Waals surface area contributed by atoms with Crippen LogP contribution in [0.3, 0.4) is 0 Å². The number of likely N-dealkylation sites (N-methyl/N-ethyl adjacent to an activating group) is 2. The second-order valence-corrected chi connectivity index (χ2v) is 11.9. The van der Waals surface area contributed by atoms with E-state index < -0.39 is 0 Å². The first-order valence-electron chi connectivity index (χ1n) is 14.9. The van der Waals surface area contributed by atoms with Crippen LogP contribution in [0.2, 0.25) is 0 Å². The van der Waals surface area contributed by atoms with Crippen LogP contribution in [0.5, 0.6) is 0 Å². The van der Waals surface area contributed by atoms with Crippen molar-refractivity contribution in [2.45, 2.75) is 51.6 Å². The molecule has 2 fully saturated rings.